The SMILES string of the molecule is CCNC(=NCCCNC(=O)c1cccc(O)c1)NC1CCN(c2ccccn2)CC1.I. The number of nitrogens with one attached hydrogen (secondary N) is 3. The Balaban J connectivity index is 0.00000363. The highest BCUT2D eigenvalue weighted by Crippen LogP contribution is 2.17. The van der Waals surface area contributed by atoms with Crippen molar-refractivity contribution in [3.63, 3.8) is 0 Å². The number of aromatic nitrogens is 1. The molecule has 0 bridgehead atoms. The third-order valence-corrected chi connectivity index (χ3v) is 5.15. The van der Waals surface area contributed by atoms with Gasteiger partial charge in [-0.1, -0.05) is 12.1 Å². The van der Waals surface area contributed by atoms with Gasteiger partial charge in [0.2, 0.25) is 0 Å². The third kappa shape index (κ3) is 8.18. The molecule has 32 heavy (non-hydrogen) atoms. The van der Waals surface area contributed by atoms with Gasteiger partial charge in [-0.2, -0.15) is 0 Å². The summed E-state index contributed by atoms with van der Waals surface area (Å²) >= 11 is 0. The maximum absolute atomic E-state index is 12.1. The smallest absolute Gasteiger partial charge is 0.251 e. The fraction of sp³-hybridized carbons (Fsp3) is 0.435. The van der Waals surface area contributed by atoms with Crippen LogP contribution in [0, 0.1) is 0 Å². The summed E-state index contributed by atoms with van der Waals surface area (Å²) in [4.78, 5) is 23.5. The van der Waals surface area contributed by atoms with Crippen molar-refractivity contribution in [2.24, 2.45) is 4.99 Å². The standard InChI is InChI=1S/C23H32N6O2.HI/c1-2-24-23(27-14-6-13-26-22(31)18-7-5-8-20(30)17-18)28-19-10-15-29(16-11-19)21-9-3-4-12-25-21;/h3-5,7-9,12,17,19,30H,2,6,10-11,13-16H2,1H3,(H,26,31)(H2,24,27,28);1H. The highest BCUT2D eigenvalue weighted by atomic mass is 127. The molecule has 3 rings (SSSR count). The van der Waals surface area contributed by atoms with Crippen LogP contribution in [0.1, 0.15) is 36.5 Å². The Morgan fingerprint density at radius 3 is 2.69 bits per heavy atom. The Kier molecular flexibility index (Phi) is 11.1. The van der Waals surface area contributed by atoms with Crippen molar-refractivity contribution in [1.82, 2.24) is 20.9 Å². The van der Waals surface area contributed by atoms with Gasteiger partial charge in [-0.05, 0) is 56.5 Å². The number of hydrogen-bond acceptors (Lipinski definition) is 5. The predicted octanol–water partition coefficient (Wildman–Crippen LogP) is 2.75. The summed E-state index contributed by atoms with van der Waals surface area (Å²) in [6.07, 6.45) is 4.63. The van der Waals surface area contributed by atoms with E-state index in [2.05, 4.69) is 43.8 Å². The molecular formula is C23H33IN6O2. The van der Waals surface area contributed by atoms with Crippen LogP contribution in [0.5, 0.6) is 5.75 Å². The maximum atomic E-state index is 12.1. The number of nitrogens with zero attached hydrogens (tertiary/aromatic N) is 3. The lowest BCUT2D eigenvalue weighted by atomic mass is 10.1. The van der Waals surface area contributed by atoms with Gasteiger partial charge in [0.1, 0.15) is 11.6 Å². The number of halogens is 1. The first-order chi connectivity index (χ1) is 15.2. The van der Waals surface area contributed by atoms with E-state index >= 15 is 0 Å². The number of piperidine rings is 1. The Morgan fingerprint density at radius 2 is 2.00 bits per heavy atom. The van der Waals surface area contributed by atoms with E-state index in [1.54, 1.807) is 18.2 Å². The van der Waals surface area contributed by atoms with Crippen LogP contribution in [-0.4, -0.2) is 60.7 Å². The molecule has 0 aliphatic carbocycles. The quantitative estimate of drug-likeness (QED) is 0.174. The van der Waals surface area contributed by atoms with Crippen LogP contribution < -0.4 is 20.9 Å². The minimum absolute atomic E-state index is 0. The number of aliphatic imine (C=N–C) groups is 1. The topological polar surface area (TPSA) is 102 Å². The average molecular weight is 552 g/mol. The Bertz CT molecular complexity index is 857. The normalized spacial score (nSPS) is 14.4. The van der Waals surface area contributed by atoms with Gasteiger partial charge in [-0.25, -0.2) is 4.98 Å². The summed E-state index contributed by atoms with van der Waals surface area (Å²) in [7, 11) is 0. The molecule has 0 saturated carbocycles. The molecule has 2 aromatic rings. The zero-order valence-corrected chi connectivity index (χ0v) is 20.8. The van der Waals surface area contributed by atoms with Gasteiger partial charge < -0.3 is 26.0 Å². The van der Waals surface area contributed by atoms with Crippen LogP contribution >= 0.6 is 24.0 Å². The van der Waals surface area contributed by atoms with Gasteiger partial charge >= 0.3 is 0 Å². The number of aromatic hydroxyl groups is 1. The second-order valence-corrected chi connectivity index (χ2v) is 7.51. The molecule has 0 unspecified atom stereocenters. The number of anilines is 1. The summed E-state index contributed by atoms with van der Waals surface area (Å²) in [6, 6.07) is 12.7. The van der Waals surface area contributed by atoms with Crippen molar-refractivity contribution in [1.29, 1.82) is 0 Å². The Morgan fingerprint density at radius 1 is 1.19 bits per heavy atom. The summed E-state index contributed by atoms with van der Waals surface area (Å²) < 4.78 is 0. The van der Waals surface area contributed by atoms with E-state index in [9.17, 15) is 9.90 Å². The van der Waals surface area contributed by atoms with Crippen LogP contribution in [-0.2, 0) is 0 Å². The lowest BCUT2D eigenvalue weighted by Crippen LogP contribution is -2.49. The van der Waals surface area contributed by atoms with Crippen molar-refractivity contribution in [3.05, 3.63) is 54.2 Å². The molecule has 174 valence electrons. The molecule has 0 atom stereocenters. The number of amides is 1. The van der Waals surface area contributed by atoms with Crippen LogP contribution in [0.4, 0.5) is 5.82 Å². The lowest BCUT2D eigenvalue weighted by molar-refractivity contribution is 0.0953. The fourth-order valence-corrected chi connectivity index (χ4v) is 3.53. The highest BCUT2D eigenvalue weighted by Gasteiger charge is 2.20. The maximum Gasteiger partial charge on any atom is 0.251 e. The molecule has 1 aromatic heterocycles. The molecule has 1 amide bonds. The molecule has 4 N–H and O–H groups in total. The second-order valence-electron chi connectivity index (χ2n) is 7.51. The van der Waals surface area contributed by atoms with Crippen molar-refractivity contribution >= 4 is 41.7 Å². The Hall–Kier alpha value is -2.56. The van der Waals surface area contributed by atoms with Crippen LogP contribution in [0.15, 0.2) is 53.7 Å². The number of rotatable bonds is 8. The molecule has 9 heteroatoms. The largest absolute Gasteiger partial charge is 0.508 e. The Labute approximate surface area is 206 Å². The molecule has 1 fully saturated rings. The molecule has 0 radical (unpaired) electrons. The number of pyridine rings is 1. The molecule has 1 aliphatic rings. The zero-order chi connectivity index (χ0) is 21.9. The number of phenols is 1. The minimum Gasteiger partial charge on any atom is -0.508 e. The van der Waals surface area contributed by atoms with Gasteiger partial charge in [-0.15, -0.1) is 24.0 Å². The minimum atomic E-state index is -0.190. The van der Waals surface area contributed by atoms with Gasteiger partial charge in [0, 0.05) is 50.5 Å². The fourth-order valence-electron chi connectivity index (χ4n) is 3.53. The third-order valence-electron chi connectivity index (χ3n) is 5.15. The van der Waals surface area contributed by atoms with E-state index in [1.807, 2.05) is 18.3 Å². The predicted molar refractivity (Wildman–Crippen MR) is 139 cm³/mol. The first kappa shape index (κ1) is 25.7. The van der Waals surface area contributed by atoms with Gasteiger partial charge in [0.15, 0.2) is 5.96 Å². The van der Waals surface area contributed by atoms with Gasteiger partial charge in [0.25, 0.3) is 5.91 Å². The zero-order valence-electron chi connectivity index (χ0n) is 18.5. The molecule has 8 nitrogen and oxygen atoms in total. The summed E-state index contributed by atoms with van der Waals surface area (Å²) in [5.74, 6) is 1.75. The number of hydrogen-bond donors (Lipinski definition) is 4. The average Bonchev–Trinajstić information content (AvgIpc) is 2.80. The van der Waals surface area contributed by atoms with E-state index in [1.165, 1.54) is 6.07 Å². The van der Waals surface area contributed by atoms with E-state index in [4.69, 9.17) is 0 Å². The number of phenolic OH excluding ortho intramolecular Hbond substituents is 1. The monoisotopic (exact) mass is 552 g/mol. The van der Waals surface area contributed by atoms with Crippen LogP contribution in [0.2, 0.25) is 0 Å². The molecule has 1 saturated heterocycles. The number of carbonyl (C=O) groups excluding carboxylic acids is 1. The lowest BCUT2D eigenvalue weighted by Gasteiger charge is -2.33. The van der Waals surface area contributed by atoms with Crippen molar-refractivity contribution in [3.8, 4) is 5.75 Å². The van der Waals surface area contributed by atoms with Crippen molar-refractivity contribution < 1.29 is 9.90 Å². The molecule has 2 heterocycles. The number of benzene rings is 1. The van der Waals surface area contributed by atoms with Gasteiger partial charge in [0.05, 0.1) is 0 Å². The first-order valence-electron chi connectivity index (χ1n) is 10.9. The van der Waals surface area contributed by atoms with Crippen LogP contribution in [0.3, 0.4) is 0 Å². The van der Waals surface area contributed by atoms with Crippen molar-refractivity contribution in [2.75, 3.05) is 37.6 Å². The van der Waals surface area contributed by atoms with E-state index in [0.717, 1.165) is 50.7 Å². The number of guanidine groups is 1. The highest BCUT2D eigenvalue weighted by molar-refractivity contribution is 14.0. The summed E-state index contributed by atoms with van der Waals surface area (Å²) in [5.41, 5.74) is 0.454. The first-order valence-corrected chi connectivity index (χ1v) is 10.9. The van der Waals surface area contributed by atoms with Crippen LogP contribution in [0.25, 0.3) is 0 Å². The molecule has 1 aromatic carbocycles. The summed E-state index contributed by atoms with van der Waals surface area (Å²) in [6.45, 7) is 5.93. The molecule has 1 aliphatic heterocycles. The van der Waals surface area contributed by atoms with Gasteiger partial charge in [-0.3, -0.25) is 9.79 Å². The van der Waals surface area contributed by atoms with E-state index < -0.39 is 0 Å². The van der Waals surface area contributed by atoms with E-state index in [-0.39, 0.29) is 35.6 Å². The van der Waals surface area contributed by atoms with E-state index in [0.29, 0.717) is 24.7 Å². The summed E-state index contributed by atoms with van der Waals surface area (Å²) in [5, 5.41) is 19.2. The molecule has 0 spiro atoms. The molecular weight excluding hydrogens is 519 g/mol. The second kappa shape index (κ2) is 13.8. The number of carbonyl (C=O) groups is 1. The van der Waals surface area contributed by atoms with Crippen molar-refractivity contribution in [2.45, 2.75) is 32.2 Å².